The number of rotatable bonds is 3. The summed E-state index contributed by atoms with van der Waals surface area (Å²) in [7, 11) is 0. The van der Waals surface area contributed by atoms with Gasteiger partial charge in [-0.1, -0.05) is 18.2 Å². The molecule has 2 rings (SSSR count). The molecular formula is C14H16FN3. The first-order valence-electron chi connectivity index (χ1n) is 5.77. The van der Waals surface area contributed by atoms with Crippen molar-refractivity contribution in [1.82, 2.24) is 10.4 Å². The smallest absolute Gasteiger partial charge is 0.126 e. The first-order valence-corrected chi connectivity index (χ1v) is 5.77. The molecule has 1 aromatic heterocycles. The summed E-state index contributed by atoms with van der Waals surface area (Å²) < 4.78 is 13.3. The van der Waals surface area contributed by atoms with E-state index in [4.69, 9.17) is 5.84 Å². The normalized spacial score (nSPS) is 12.4. The van der Waals surface area contributed by atoms with Crippen LogP contribution in [0, 0.1) is 19.7 Å². The Morgan fingerprint density at radius 2 is 2.00 bits per heavy atom. The third-order valence-corrected chi connectivity index (χ3v) is 2.89. The zero-order chi connectivity index (χ0) is 13.1. The highest BCUT2D eigenvalue weighted by Crippen LogP contribution is 2.21. The van der Waals surface area contributed by atoms with Crippen LogP contribution in [0.4, 0.5) is 4.39 Å². The monoisotopic (exact) mass is 245 g/mol. The molecule has 0 aliphatic rings. The van der Waals surface area contributed by atoms with Crippen LogP contribution in [0.2, 0.25) is 0 Å². The van der Waals surface area contributed by atoms with Gasteiger partial charge in [-0.2, -0.15) is 0 Å². The molecule has 0 aliphatic heterocycles. The fourth-order valence-corrected chi connectivity index (χ4v) is 1.92. The Hall–Kier alpha value is -1.78. The molecule has 0 radical (unpaired) electrons. The van der Waals surface area contributed by atoms with E-state index >= 15 is 0 Å². The second-order valence-corrected chi connectivity index (χ2v) is 4.31. The molecule has 2 aromatic rings. The van der Waals surface area contributed by atoms with Crippen molar-refractivity contribution in [2.75, 3.05) is 0 Å². The van der Waals surface area contributed by atoms with Crippen molar-refractivity contribution in [3.05, 3.63) is 64.7 Å². The van der Waals surface area contributed by atoms with Gasteiger partial charge in [0.05, 0.1) is 11.7 Å². The number of nitrogens with one attached hydrogen (secondary N) is 1. The molecule has 0 fully saturated rings. The summed E-state index contributed by atoms with van der Waals surface area (Å²) in [5, 5.41) is 0. The Morgan fingerprint density at radius 1 is 1.22 bits per heavy atom. The lowest BCUT2D eigenvalue weighted by Gasteiger charge is -2.17. The molecule has 94 valence electrons. The quantitative estimate of drug-likeness (QED) is 0.645. The minimum absolute atomic E-state index is 0.216. The van der Waals surface area contributed by atoms with Gasteiger partial charge in [-0.25, -0.2) is 9.82 Å². The summed E-state index contributed by atoms with van der Waals surface area (Å²) in [6, 6.07) is 10.5. The molecule has 3 N–H and O–H groups in total. The second-order valence-electron chi connectivity index (χ2n) is 4.31. The van der Waals surface area contributed by atoms with E-state index in [1.807, 2.05) is 25.1 Å². The fourth-order valence-electron chi connectivity index (χ4n) is 1.92. The molecule has 0 amide bonds. The maximum Gasteiger partial charge on any atom is 0.126 e. The zero-order valence-corrected chi connectivity index (χ0v) is 10.4. The molecular weight excluding hydrogens is 229 g/mol. The van der Waals surface area contributed by atoms with Gasteiger partial charge in [-0.05, 0) is 43.2 Å². The van der Waals surface area contributed by atoms with Crippen molar-refractivity contribution < 1.29 is 4.39 Å². The van der Waals surface area contributed by atoms with E-state index in [1.165, 1.54) is 6.07 Å². The van der Waals surface area contributed by atoms with Crippen LogP contribution in [0.5, 0.6) is 0 Å². The van der Waals surface area contributed by atoms with Crippen molar-refractivity contribution in [3.8, 4) is 0 Å². The van der Waals surface area contributed by atoms with Gasteiger partial charge in [-0.3, -0.25) is 10.8 Å². The number of halogens is 1. The number of hydrazine groups is 1. The predicted octanol–water partition coefficient (Wildman–Crippen LogP) is 2.39. The first kappa shape index (κ1) is 12.7. The van der Waals surface area contributed by atoms with E-state index in [1.54, 1.807) is 19.1 Å². The van der Waals surface area contributed by atoms with Gasteiger partial charge >= 0.3 is 0 Å². The molecule has 1 aromatic carbocycles. The van der Waals surface area contributed by atoms with E-state index in [0.29, 0.717) is 5.56 Å². The van der Waals surface area contributed by atoms with Crippen LogP contribution < -0.4 is 11.3 Å². The highest BCUT2D eigenvalue weighted by atomic mass is 19.1. The second kappa shape index (κ2) is 5.25. The predicted molar refractivity (Wildman–Crippen MR) is 69.3 cm³/mol. The largest absolute Gasteiger partial charge is 0.271 e. The van der Waals surface area contributed by atoms with E-state index in [2.05, 4.69) is 10.4 Å². The standard InChI is InChI=1S/C14H16FN3/c1-9-8-11(6-7-12(9)15)14(18-16)13-5-3-4-10(2)17-13/h3-8,14,18H,16H2,1-2H3. The van der Waals surface area contributed by atoms with Crippen LogP contribution in [0.15, 0.2) is 36.4 Å². The lowest BCUT2D eigenvalue weighted by Crippen LogP contribution is -2.29. The van der Waals surface area contributed by atoms with Crippen molar-refractivity contribution in [1.29, 1.82) is 0 Å². The van der Waals surface area contributed by atoms with Gasteiger partial charge < -0.3 is 0 Å². The molecule has 3 nitrogen and oxygen atoms in total. The number of pyridine rings is 1. The van der Waals surface area contributed by atoms with Crippen molar-refractivity contribution in [2.24, 2.45) is 5.84 Å². The molecule has 0 bridgehead atoms. The molecule has 1 atom stereocenters. The molecule has 0 spiro atoms. The van der Waals surface area contributed by atoms with E-state index in [0.717, 1.165) is 17.0 Å². The summed E-state index contributed by atoms with van der Waals surface area (Å²) in [4.78, 5) is 4.44. The number of nitrogens with zero attached hydrogens (tertiary/aromatic N) is 1. The summed E-state index contributed by atoms with van der Waals surface area (Å²) in [5.74, 6) is 5.38. The van der Waals surface area contributed by atoms with E-state index in [-0.39, 0.29) is 11.9 Å². The van der Waals surface area contributed by atoms with Crippen molar-refractivity contribution >= 4 is 0 Å². The first-order chi connectivity index (χ1) is 8.61. The van der Waals surface area contributed by atoms with Gasteiger partial charge in [0, 0.05) is 5.69 Å². The highest BCUT2D eigenvalue weighted by molar-refractivity contribution is 5.32. The summed E-state index contributed by atoms with van der Waals surface area (Å²) in [6.45, 7) is 3.66. The van der Waals surface area contributed by atoms with Crippen LogP contribution >= 0.6 is 0 Å². The molecule has 1 unspecified atom stereocenters. The third-order valence-electron chi connectivity index (χ3n) is 2.89. The molecule has 0 saturated heterocycles. The fraction of sp³-hybridized carbons (Fsp3) is 0.214. The number of aryl methyl sites for hydroxylation is 2. The lowest BCUT2D eigenvalue weighted by molar-refractivity contribution is 0.601. The van der Waals surface area contributed by atoms with Gasteiger partial charge in [0.25, 0.3) is 0 Å². The number of hydrogen-bond donors (Lipinski definition) is 2. The molecule has 0 saturated carbocycles. The molecule has 4 heteroatoms. The molecule has 1 heterocycles. The maximum absolute atomic E-state index is 13.3. The van der Waals surface area contributed by atoms with Gasteiger partial charge in [0.2, 0.25) is 0 Å². The van der Waals surface area contributed by atoms with E-state index in [9.17, 15) is 4.39 Å². The highest BCUT2D eigenvalue weighted by Gasteiger charge is 2.14. The van der Waals surface area contributed by atoms with Crippen LogP contribution in [-0.4, -0.2) is 4.98 Å². The number of benzene rings is 1. The number of aromatic nitrogens is 1. The van der Waals surface area contributed by atoms with Crippen LogP contribution in [0.25, 0.3) is 0 Å². The molecule has 18 heavy (non-hydrogen) atoms. The molecule has 0 aliphatic carbocycles. The van der Waals surface area contributed by atoms with Crippen LogP contribution in [0.1, 0.15) is 28.6 Å². The Morgan fingerprint density at radius 3 is 2.61 bits per heavy atom. The average molecular weight is 245 g/mol. The third kappa shape index (κ3) is 2.55. The number of hydrogen-bond acceptors (Lipinski definition) is 3. The Bertz CT molecular complexity index is 554. The average Bonchev–Trinajstić information content (AvgIpc) is 2.35. The van der Waals surface area contributed by atoms with Crippen LogP contribution in [0.3, 0.4) is 0 Å². The Labute approximate surface area is 106 Å². The van der Waals surface area contributed by atoms with Crippen molar-refractivity contribution in [2.45, 2.75) is 19.9 Å². The minimum atomic E-state index is -0.232. The van der Waals surface area contributed by atoms with Gasteiger partial charge in [0.15, 0.2) is 0 Å². The summed E-state index contributed by atoms with van der Waals surface area (Å²) in [5.41, 5.74) is 5.96. The maximum atomic E-state index is 13.3. The Kier molecular flexibility index (Phi) is 3.69. The van der Waals surface area contributed by atoms with Crippen LogP contribution in [-0.2, 0) is 0 Å². The van der Waals surface area contributed by atoms with Gasteiger partial charge in [0.1, 0.15) is 5.82 Å². The number of nitrogens with two attached hydrogens (primary N) is 1. The lowest BCUT2D eigenvalue weighted by atomic mass is 10.0. The topological polar surface area (TPSA) is 50.9 Å². The minimum Gasteiger partial charge on any atom is -0.271 e. The summed E-state index contributed by atoms with van der Waals surface area (Å²) >= 11 is 0. The van der Waals surface area contributed by atoms with Gasteiger partial charge in [-0.15, -0.1) is 0 Å². The zero-order valence-electron chi connectivity index (χ0n) is 10.4. The Balaban J connectivity index is 2.42. The van der Waals surface area contributed by atoms with E-state index < -0.39 is 0 Å². The SMILES string of the molecule is Cc1cccc(C(NN)c2ccc(F)c(C)c2)n1. The summed E-state index contributed by atoms with van der Waals surface area (Å²) in [6.07, 6.45) is 0. The van der Waals surface area contributed by atoms with Crippen molar-refractivity contribution in [3.63, 3.8) is 0 Å².